The number of hydrogen-bond acceptors (Lipinski definition) is 8. The topological polar surface area (TPSA) is 133 Å². The monoisotopic (exact) mass is 469 g/mol. The van der Waals surface area contributed by atoms with E-state index in [1.807, 2.05) is 6.07 Å². The quantitative estimate of drug-likeness (QED) is 0.555. The number of allylic oxidation sites excluding steroid dienone is 2. The van der Waals surface area contributed by atoms with Gasteiger partial charge in [0.25, 0.3) is 5.91 Å². The van der Waals surface area contributed by atoms with Crippen LogP contribution in [-0.2, 0) is 19.1 Å². The summed E-state index contributed by atoms with van der Waals surface area (Å²) in [6.45, 7) is 3.32. The molecule has 0 saturated heterocycles. The van der Waals surface area contributed by atoms with Crippen molar-refractivity contribution in [3.63, 3.8) is 0 Å². The third-order valence-corrected chi connectivity index (χ3v) is 5.95. The first-order valence-electron chi connectivity index (χ1n) is 11.4. The fourth-order valence-corrected chi connectivity index (χ4v) is 4.33. The number of carbonyl (C=O) groups excluding carboxylic acids is 2. The predicted molar refractivity (Wildman–Crippen MR) is 123 cm³/mol. The van der Waals surface area contributed by atoms with Crippen LogP contribution in [-0.4, -0.2) is 38.2 Å². The van der Waals surface area contributed by atoms with Gasteiger partial charge >= 0.3 is 5.97 Å². The molecule has 1 unspecified atom stereocenters. The van der Waals surface area contributed by atoms with E-state index in [0.29, 0.717) is 17.1 Å². The van der Waals surface area contributed by atoms with Crippen LogP contribution in [0.2, 0.25) is 0 Å². The third-order valence-electron chi connectivity index (χ3n) is 5.95. The number of nitriles is 1. The molecule has 3 N–H and O–H groups in total. The number of ether oxygens (including phenoxy) is 4. The highest BCUT2D eigenvalue weighted by molar-refractivity contribution is 5.92. The second-order valence-electron chi connectivity index (χ2n) is 8.22. The normalized spacial score (nSPS) is 18.6. The minimum absolute atomic E-state index is 0.0725. The molecule has 0 aromatic heterocycles. The molecule has 0 bridgehead atoms. The molecule has 1 aliphatic carbocycles. The molecule has 1 aromatic carbocycles. The summed E-state index contributed by atoms with van der Waals surface area (Å²) in [5.74, 6) is -0.667. The molecule has 2 aliphatic rings. The summed E-state index contributed by atoms with van der Waals surface area (Å²) in [5, 5.41) is 12.7. The predicted octanol–water partition coefficient (Wildman–Crippen LogP) is 3.17. The first-order chi connectivity index (χ1) is 16.4. The van der Waals surface area contributed by atoms with Crippen molar-refractivity contribution in [1.29, 1.82) is 5.26 Å². The maximum absolute atomic E-state index is 12.7. The Hall–Kier alpha value is -3.67. The molecule has 1 fully saturated rings. The highest BCUT2D eigenvalue weighted by Gasteiger charge is 2.36. The van der Waals surface area contributed by atoms with E-state index >= 15 is 0 Å². The average molecular weight is 470 g/mol. The second-order valence-corrected chi connectivity index (χ2v) is 8.22. The van der Waals surface area contributed by atoms with Gasteiger partial charge < -0.3 is 30.0 Å². The van der Waals surface area contributed by atoms with Crippen molar-refractivity contribution in [1.82, 2.24) is 5.32 Å². The summed E-state index contributed by atoms with van der Waals surface area (Å²) in [7, 11) is 1.47. The Bertz CT molecular complexity index is 1030. The molecule has 1 atom stereocenters. The number of hydrogen-bond donors (Lipinski definition) is 2. The van der Waals surface area contributed by atoms with E-state index in [9.17, 15) is 14.9 Å². The van der Waals surface area contributed by atoms with Crippen LogP contribution in [0.4, 0.5) is 0 Å². The lowest BCUT2D eigenvalue weighted by molar-refractivity contribution is -0.139. The molecule has 1 heterocycles. The van der Waals surface area contributed by atoms with Gasteiger partial charge in [0.05, 0.1) is 25.2 Å². The van der Waals surface area contributed by atoms with Gasteiger partial charge in [-0.15, -0.1) is 0 Å². The van der Waals surface area contributed by atoms with Crippen molar-refractivity contribution < 1.29 is 28.5 Å². The summed E-state index contributed by atoms with van der Waals surface area (Å²) in [5.41, 5.74) is 6.80. The standard InChI is InChI=1S/C25H31N3O6/c1-4-32-25(30)22-15(2)34-24(27)18(13-26)23(22)16-10-11-19(20(12-16)31-3)33-14-21(29)28-17-8-6-5-7-9-17/h10-12,17,23H,4-9,14,27H2,1-3H3,(H,28,29). The van der Waals surface area contributed by atoms with Crippen LogP contribution >= 0.6 is 0 Å². The third kappa shape index (κ3) is 5.63. The average Bonchev–Trinajstić information content (AvgIpc) is 2.83. The van der Waals surface area contributed by atoms with Crippen molar-refractivity contribution in [2.24, 2.45) is 5.73 Å². The van der Waals surface area contributed by atoms with Gasteiger partial charge in [-0.2, -0.15) is 5.26 Å². The van der Waals surface area contributed by atoms with Crippen LogP contribution in [0.5, 0.6) is 11.5 Å². The van der Waals surface area contributed by atoms with Crippen LogP contribution in [0.1, 0.15) is 57.4 Å². The zero-order valence-corrected chi connectivity index (χ0v) is 19.8. The number of carbonyl (C=O) groups is 2. The highest BCUT2D eigenvalue weighted by atomic mass is 16.5. The minimum atomic E-state index is -0.796. The smallest absolute Gasteiger partial charge is 0.338 e. The number of nitrogens with two attached hydrogens (primary N) is 1. The van der Waals surface area contributed by atoms with Crippen LogP contribution in [0, 0.1) is 11.3 Å². The molecule has 9 heteroatoms. The van der Waals surface area contributed by atoms with Gasteiger partial charge in [-0.3, -0.25) is 4.79 Å². The Balaban J connectivity index is 1.83. The Morgan fingerprint density at radius 2 is 1.97 bits per heavy atom. The van der Waals surface area contributed by atoms with Crippen molar-refractivity contribution in [3.8, 4) is 17.6 Å². The molecule has 1 aromatic rings. The molecule has 1 amide bonds. The van der Waals surface area contributed by atoms with E-state index in [-0.39, 0.29) is 48.0 Å². The molecular weight excluding hydrogens is 438 g/mol. The highest BCUT2D eigenvalue weighted by Crippen LogP contribution is 2.42. The number of methoxy groups -OCH3 is 1. The zero-order chi connectivity index (χ0) is 24.7. The Kier molecular flexibility index (Phi) is 8.41. The number of nitrogens with zero attached hydrogens (tertiary/aromatic N) is 1. The molecule has 1 aliphatic heterocycles. The SMILES string of the molecule is CCOC(=O)C1=C(C)OC(N)=C(C#N)C1c1ccc(OCC(=O)NC2CCCCC2)c(OC)c1. The fraction of sp³-hybridized carbons (Fsp3) is 0.480. The number of benzene rings is 1. The molecular formula is C25H31N3O6. The minimum Gasteiger partial charge on any atom is -0.493 e. The van der Waals surface area contributed by atoms with Crippen LogP contribution in [0.25, 0.3) is 0 Å². The van der Waals surface area contributed by atoms with Gasteiger partial charge in [0, 0.05) is 6.04 Å². The van der Waals surface area contributed by atoms with Crippen molar-refractivity contribution in [3.05, 3.63) is 46.6 Å². The van der Waals surface area contributed by atoms with Crippen molar-refractivity contribution in [2.45, 2.75) is 57.9 Å². The van der Waals surface area contributed by atoms with E-state index in [2.05, 4.69) is 5.32 Å². The Morgan fingerprint density at radius 1 is 1.24 bits per heavy atom. The largest absolute Gasteiger partial charge is 0.493 e. The summed E-state index contributed by atoms with van der Waals surface area (Å²) in [6, 6.07) is 7.23. The van der Waals surface area contributed by atoms with Gasteiger partial charge in [-0.1, -0.05) is 25.3 Å². The fourth-order valence-electron chi connectivity index (χ4n) is 4.33. The number of nitrogens with one attached hydrogen (secondary N) is 1. The molecule has 182 valence electrons. The second kappa shape index (κ2) is 11.5. The number of esters is 1. The Morgan fingerprint density at radius 3 is 2.62 bits per heavy atom. The summed E-state index contributed by atoms with van der Waals surface area (Å²) < 4.78 is 21.8. The first kappa shape index (κ1) is 25.0. The van der Waals surface area contributed by atoms with E-state index in [0.717, 1.165) is 25.7 Å². The van der Waals surface area contributed by atoms with Crippen LogP contribution < -0.4 is 20.5 Å². The zero-order valence-electron chi connectivity index (χ0n) is 19.8. The van der Waals surface area contributed by atoms with Gasteiger partial charge in [-0.05, 0) is 44.4 Å². The molecule has 1 saturated carbocycles. The van der Waals surface area contributed by atoms with E-state index in [4.69, 9.17) is 24.7 Å². The first-order valence-corrected chi connectivity index (χ1v) is 11.4. The van der Waals surface area contributed by atoms with Crippen molar-refractivity contribution in [2.75, 3.05) is 20.3 Å². The van der Waals surface area contributed by atoms with E-state index in [1.165, 1.54) is 13.5 Å². The molecule has 0 radical (unpaired) electrons. The van der Waals surface area contributed by atoms with E-state index < -0.39 is 11.9 Å². The van der Waals surface area contributed by atoms with Crippen molar-refractivity contribution >= 4 is 11.9 Å². The summed E-state index contributed by atoms with van der Waals surface area (Å²) in [4.78, 5) is 25.0. The van der Waals surface area contributed by atoms with Crippen LogP contribution in [0.3, 0.4) is 0 Å². The molecule has 34 heavy (non-hydrogen) atoms. The van der Waals surface area contributed by atoms with Gasteiger partial charge in [0.1, 0.15) is 17.4 Å². The molecule has 3 rings (SSSR count). The maximum Gasteiger partial charge on any atom is 0.338 e. The van der Waals surface area contributed by atoms with Crippen LogP contribution in [0.15, 0.2) is 41.0 Å². The van der Waals surface area contributed by atoms with Gasteiger partial charge in [0.2, 0.25) is 5.88 Å². The summed E-state index contributed by atoms with van der Waals surface area (Å²) in [6.07, 6.45) is 5.43. The maximum atomic E-state index is 12.7. The lowest BCUT2D eigenvalue weighted by Gasteiger charge is -2.27. The van der Waals surface area contributed by atoms with E-state index in [1.54, 1.807) is 32.0 Å². The molecule has 0 spiro atoms. The summed E-state index contributed by atoms with van der Waals surface area (Å²) >= 11 is 0. The number of amides is 1. The Labute approximate surface area is 199 Å². The number of rotatable bonds is 8. The lowest BCUT2D eigenvalue weighted by atomic mass is 9.83. The molecule has 9 nitrogen and oxygen atoms in total. The lowest BCUT2D eigenvalue weighted by Crippen LogP contribution is -2.39. The van der Waals surface area contributed by atoms with Gasteiger partial charge in [-0.25, -0.2) is 4.79 Å². The van der Waals surface area contributed by atoms with Gasteiger partial charge in [0.15, 0.2) is 18.1 Å².